The van der Waals surface area contributed by atoms with Crippen LogP contribution in [0.4, 0.5) is 5.69 Å². The quantitative estimate of drug-likeness (QED) is 0.784. The van der Waals surface area contributed by atoms with E-state index in [0.29, 0.717) is 17.5 Å². The standard InChI is InChI=1S/C15H18ClN3O2.ClH/c16-11-6-9(3-4-10(11)14(18)20)19-15(21)12-7-1-2-8(5-7)13(12)17;/h3-4,6-8,12-13H,1-2,5,17H2,(H2,18,20)(H,19,21);1H. The number of hydrogen-bond donors (Lipinski definition) is 3. The number of carbonyl (C=O) groups is 2. The number of hydrogen-bond acceptors (Lipinski definition) is 3. The van der Waals surface area contributed by atoms with Crippen molar-refractivity contribution in [1.29, 1.82) is 0 Å². The van der Waals surface area contributed by atoms with Gasteiger partial charge in [0.15, 0.2) is 0 Å². The van der Waals surface area contributed by atoms with Crippen LogP contribution in [0.3, 0.4) is 0 Å². The molecule has 0 heterocycles. The number of nitrogens with two attached hydrogens (primary N) is 2. The Morgan fingerprint density at radius 2 is 1.91 bits per heavy atom. The van der Waals surface area contributed by atoms with Crippen molar-refractivity contribution in [2.24, 2.45) is 29.2 Å². The predicted octanol–water partition coefficient (Wildman–Crippen LogP) is 2.17. The van der Waals surface area contributed by atoms with E-state index >= 15 is 0 Å². The fraction of sp³-hybridized carbons (Fsp3) is 0.467. The first kappa shape index (κ1) is 17.1. The molecule has 2 amide bonds. The van der Waals surface area contributed by atoms with Crippen molar-refractivity contribution in [1.82, 2.24) is 0 Å². The molecule has 22 heavy (non-hydrogen) atoms. The Morgan fingerprint density at radius 3 is 2.45 bits per heavy atom. The van der Waals surface area contributed by atoms with Gasteiger partial charge in [0.2, 0.25) is 11.8 Å². The summed E-state index contributed by atoms with van der Waals surface area (Å²) >= 11 is 5.98. The predicted molar refractivity (Wildman–Crippen MR) is 88.1 cm³/mol. The Balaban J connectivity index is 0.00000176. The molecule has 2 saturated carbocycles. The van der Waals surface area contributed by atoms with E-state index in [4.69, 9.17) is 23.1 Å². The van der Waals surface area contributed by atoms with Crippen molar-refractivity contribution in [2.75, 3.05) is 5.32 Å². The fourth-order valence-electron chi connectivity index (χ4n) is 3.74. The Bertz CT molecular complexity index is 606. The highest BCUT2D eigenvalue weighted by molar-refractivity contribution is 6.34. The van der Waals surface area contributed by atoms with E-state index in [9.17, 15) is 9.59 Å². The molecule has 0 radical (unpaired) electrons. The van der Waals surface area contributed by atoms with Crippen LogP contribution in [0.15, 0.2) is 18.2 Å². The van der Waals surface area contributed by atoms with E-state index in [0.717, 1.165) is 19.3 Å². The Hall–Kier alpha value is -1.30. The first-order valence-corrected chi connectivity index (χ1v) is 7.51. The summed E-state index contributed by atoms with van der Waals surface area (Å²) in [6.07, 6.45) is 3.27. The van der Waals surface area contributed by atoms with Crippen LogP contribution in [0.1, 0.15) is 29.6 Å². The van der Waals surface area contributed by atoms with Crippen LogP contribution in [-0.4, -0.2) is 17.9 Å². The molecule has 0 aliphatic heterocycles. The number of amides is 2. The fourth-order valence-corrected chi connectivity index (χ4v) is 4.02. The highest BCUT2D eigenvalue weighted by atomic mass is 35.5. The van der Waals surface area contributed by atoms with E-state index in [2.05, 4.69) is 5.32 Å². The molecule has 0 spiro atoms. The monoisotopic (exact) mass is 343 g/mol. The van der Waals surface area contributed by atoms with Crippen molar-refractivity contribution in [3.63, 3.8) is 0 Å². The second kappa shape index (κ2) is 6.44. The van der Waals surface area contributed by atoms with E-state index in [1.54, 1.807) is 6.07 Å². The van der Waals surface area contributed by atoms with Crippen LogP contribution >= 0.6 is 24.0 Å². The zero-order chi connectivity index (χ0) is 15.1. The first-order valence-electron chi connectivity index (χ1n) is 7.13. The van der Waals surface area contributed by atoms with E-state index in [1.807, 2.05) is 0 Å². The van der Waals surface area contributed by atoms with E-state index in [1.165, 1.54) is 12.1 Å². The van der Waals surface area contributed by atoms with Gasteiger partial charge in [-0.05, 0) is 49.3 Å². The van der Waals surface area contributed by atoms with Gasteiger partial charge in [-0.25, -0.2) is 0 Å². The van der Waals surface area contributed by atoms with Gasteiger partial charge in [-0.2, -0.15) is 0 Å². The van der Waals surface area contributed by atoms with Crippen molar-refractivity contribution >= 4 is 41.5 Å². The summed E-state index contributed by atoms with van der Waals surface area (Å²) in [4.78, 5) is 23.5. The summed E-state index contributed by atoms with van der Waals surface area (Å²) in [5.74, 6) is 0.0980. The summed E-state index contributed by atoms with van der Waals surface area (Å²) in [7, 11) is 0. The van der Waals surface area contributed by atoms with Gasteiger partial charge in [0, 0.05) is 11.7 Å². The molecule has 4 unspecified atom stereocenters. The maximum atomic E-state index is 12.4. The van der Waals surface area contributed by atoms with Gasteiger partial charge in [-0.15, -0.1) is 12.4 Å². The Labute approximate surface area is 140 Å². The molecule has 5 nitrogen and oxygen atoms in total. The summed E-state index contributed by atoms with van der Waals surface area (Å²) in [6, 6.07) is 4.63. The normalized spacial score (nSPS) is 29.0. The molecule has 7 heteroatoms. The number of nitrogens with one attached hydrogen (secondary N) is 1. The number of carbonyl (C=O) groups excluding carboxylic acids is 2. The highest BCUT2D eigenvalue weighted by Gasteiger charge is 2.49. The number of rotatable bonds is 3. The lowest BCUT2D eigenvalue weighted by molar-refractivity contribution is -0.121. The van der Waals surface area contributed by atoms with Gasteiger partial charge in [-0.1, -0.05) is 11.6 Å². The van der Waals surface area contributed by atoms with E-state index in [-0.39, 0.29) is 40.9 Å². The third-order valence-corrected chi connectivity index (χ3v) is 5.10. The average molecular weight is 344 g/mol. The highest BCUT2D eigenvalue weighted by Crippen LogP contribution is 2.47. The van der Waals surface area contributed by atoms with Gasteiger partial charge in [0.05, 0.1) is 16.5 Å². The van der Waals surface area contributed by atoms with E-state index < -0.39 is 5.91 Å². The third kappa shape index (κ3) is 2.93. The van der Waals surface area contributed by atoms with Gasteiger partial charge >= 0.3 is 0 Å². The van der Waals surface area contributed by atoms with Crippen LogP contribution in [0.2, 0.25) is 5.02 Å². The number of primary amides is 1. The van der Waals surface area contributed by atoms with Crippen molar-refractivity contribution < 1.29 is 9.59 Å². The van der Waals surface area contributed by atoms with Crippen LogP contribution < -0.4 is 16.8 Å². The molecule has 2 bridgehead atoms. The second-order valence-electron chi connectivity index (χ2n) is 5.98. The van der Waals surface area contributed by atoms with Crippen molar-refractivity contribution in [3.8, 4) is 0 Å². The van der Waals surface area contributed by atoms with Gasteiger partial charge < -0.3 is 16.8 Å². The molecular weight excluding hydrogens is 325 g/mol. The molecule has 3 rings (SSSR count). The Morgan fingerprint density at radius 1 is 1.23 bits per heavy atom. The molecule has 0 aromatic heterocycles. The maximum Gasteiger partial charge on any atom is 0.250 e. The summed E-state index contributed by atoms with van der Waals surface area (Å²) in [5, 5.41) is 3.08. The molecular formula is C15H19Cl2N3O2. The molecule has 1 aromatic carbocycles. The van der Waals surface area contributed by atoms with Crippen molar-refractivity contribution in [3.05, 3.63) is 28.8 Å². The third-order valence-electron chi connectivity index (χ3n) is 4.79. The molecule has 120 valence electrons. The van der Waals surface area contributed by atoms with Gasteiger partial charge in [0.1, 0.15) is 0 Å². The number of halogens is 2. The van der Waals surface area contributed by atoms with Crippen LogP contribution in [0.25, 0.3) is 0 Å². The minimum absolute atomic E-state index is 0. The summed E-state index contributed by atoms with van der Waals surface area (Å²) < 4.78 is 0. The van der Waals surface area contributed by atoms with Crippen LogP contribution in [0, 0.1) is 17.8 Å². The lowest BCUT2D eigenvalue weighted by Crippen LogP contribution is -2.42. The molecule has 0 saturated heterocycles. The molecule has 1 aromatic rings. The van der Waals surface area contributed by atoms with Crippen LogP contribution in [-0.2, 0) is 4.79 Å². The smallest absolute Gasteiger partial charge is 0.250 e. The minimum atomic E-state index is -0.590. The molecule has 4 atom stereocenters. The topological polar surface area (TPSA) is 98.2 Å². The Kier molecular flexibility index (Phi) is 5.00. The largest absolute Gasteiger partial charge is 0.366 e. The maximum absolute atomic E-state index is 12.4. The van der Waals surface area contributed by atoms with Gasteiger partial charge in [-0.3, -0.25) is 9.59 Å². The number of anilines is 1. The molecule has 5 N–H and O–H groups in total. The lowest BCUT2D eigenvalue weighted by atomic mass is 9.84. The summed E-state index contributed by atoms with van der Waals surface area (Å²) in [5.41, 5.74) is 12.2. The lowest BCUT2D eigenvalue weighted by Gasteiger charge is -2.27. The second-order valence-corrected chi connectivity index (χ2v) is 6.39. The van der Waals surface area contributed by atoms with Crippen LogP contribution in [0.5, 0.6) is 0 Å². The minimum Gasteiger partial charge on any atom is -0.366 e. The van der Waals surface area contributed by atoms with Crippen molar-refractivity contribution in [2.45, 2.75) is 25.3 Å². The first-order chi connectivity index (χ1) is 9.97. The summed E-state index contributed by atoms with van der Waals surface area (Å²) in [6.45, 7) is 0. The molecule has 2 aliphatic carbocycles. The SMILES string of the molecule is Cl.NC(=O)c1ccc(NC(=O)C2C3CCC(C3)C2N)cc1Cl. The molecule has 2 fully saturated rings. The molecule has 2 aliphatic rings. The number of fused-ring (bicyclic) bond motifs is 2. The number of benzene rings is 1. The zero-order valence-electron chi connectivity index (χ0n) is 11.9. The average Bonchev–Trinajstić information content (AvgIpc) is 2.98. The zero-order valence-corrected chi connectivity index (χ0v) is 13.5. The van der Waals surface area contributed by atoms with Gasteiger partial charge in [0.25, 0.3) is 0 Å².